The third kappa shape index (κ3) is 1.57. The van der Waals surface area contributed by atoms with Crippen molar-refractivity contribution in [2.24, 2.45) is 7.05 Å². The summed E-state index contributed by atoms with van der Waals surface area (Å²) >= 11 is 0. The molecule has 0 aromatic carbocycles. The predicted octanol–water partition coefficient (Wildman–Crippen LogP) is 1.80. The van der Waals surface area contributed by atoms with Crippen LogP contribution in [0.3, 0.4) is 0 Å². The van der Waals surface area contributed by atoms with E-state index in [0.717, 1.165) is 6.54 Å². The van der Waals surface area contributed by atoms with Gasteiger partial charge in [-0.1, -0.05) is 13.3 Å². The Bertz CT molecular complexity index is 297. The lowest BCUT2D eigenvalue weighted by atomic mass is 9.89. The summed E-state index contributed by atoms with van der Waals surface area (Å²) in [5, 5.41) is 3.62. The fourth-order valence-corrected chi connectivity index (χ4v) is 2.45. The van der Waals surface area contributed by atoms with E-state index in [1.165, 1.54) is 31.4 Å². The van der Waals surface area contributed by atoms with Crippen LogP contribution in [0.25, 0.3) is 0 Å². The Kier molecular flexibility index (Phi) is 2.59. The van der Waals surface area contributed by atoms with Crippen molar-refractivity contribution in [1.82, 2.24) is 14.9 Å². The van der Waals surface area contributed by atoms with Crippen molar-refractivity contribution in [2.45, 2.75) is 38.1 Å². The molecule has 14 heavy (non-hydrogen) atoms. The molecule has 1 aromatic rings. The molecular formula is C11H19N3. The maximum atomic E-state index is 4.49. The smallest absolute Gasteiger partial charge is 0.0947 e. The number of nitrogens with zero attached hydrogens (tertiary/aromatic N) is 2. The number of imidazole rings is 1. The van der Waals surface area contributed by atoms with Gasteiger partial charge in [-0.15, -0.1) is 0 Å². The van der Waals surface area contributed by atoms with E-state index in [4.69, 9.17) is 0 Å². The largest absolute Gasteiger partial charge is 0.340 e. The summed E-state index contributed by atoms with van der Waals surface area (Å²) in [6, 6.07) is 0. The summed E-state index contributed by atoms with van der Waals surface area (Å²) in [6.07, 6.45) is 8.96. The minimum absolute atomic E-state index is 0.177. The van der Waals surface area contributed by atoms with E-state index in [-0.39, 0.29) is 5.54 Å². The molecule has 0 spiro atoms. The molecule has 2 heterocycles. The summed E-state index contributed by atoms with van der Waals surface area (Å²) in [4.78, 5) is 4.49. The molecule has 1 atom stereocenters. The Morgan fingerprint density at radius 2 is 2.50 bits per heavy atom. The molecule has 1 aliphatic rings. The highest BCUT2D eigenvalue weighted by Gasteiger charge is 2.35. The summed E-state index contributed by atoms with van der Waals surface area (Å²) in [6.45, 7) is 3.38. The van der Waals surface area contributed by atoms with Crippen molar-refractivity contribution in [3.63, 3.8) is 0 Å². The molecule has 0 radical (unpaired) electrons. The second-order valence-corrected chi connectivity index (χ2v) is 4.29. The normalized spacial score (nSPS) is 27.0. The Hall–Kier alpha value is -0.830. The number of aryl methyl sites for hydroxylation is 1. The van der Waals surface area contributed by atoms with Crippen LogP contribution >= 0.6 is 0 Å². The van der Waals surface area contributed by atoms with Gasteiger partial charge >= 0.3 is 0 Å². The molecule has 0 bridgehead atoms. The molecule has 1 unspecified atom stereocenters. The van der Waals surface area contributed by atoms with E-state index in [1.807, 2.05) is 17.9 Å². The number of aromatic nitrogens is 2. The quantitative estimate of drug-likeness (QED) is 0.793. The third-order valence-electron chi connectivity index (χ3n) is 3.12. The van der Waals surface area contributed by atoms with Gasteiger partial charge in [0.05, 0.1) is 17.6 Å². The minimum Gasteiger partial charge on any atom is -0.340 e. The van der Waals surface area contributed by atoms with Crippen LogP contribution in [-0.2, 0) is 12.6 Å². The standard InChI is InChI=1S/C11H19N3/c1-3-5-11(6-4-7-13-11)10-8-14(2)9-12-10/h8-9,13H,3-7H2,1-2H3. The van der Waals surface area contributed by atoms with Crippen LogP contribution in [0, 0.1) is 0 Å². The molecule has 0 aliphatic carbocycles. The van der Waals surface area contributed by atoms with E-state index in [1.54, 1.807) is 0 Å². The molecule has 2 rings (SSSR count). The lowest BCUT2D eigenvalue weighted by Gasteiger charge is -2.27. The number of rotatable bonds is 3. The first-order valence-electron chi connectivity index (χ1n) is 5.50. The van der Waals surface area contributed by atoms with Gasteiger partial charge in [0, 0.05) is 13.2 Å². The van der Waals surface area contributed by atoms with Crippen LogP contribution < -0.4 is 5.32 Å². The first kappa shape index (κ1) is 9.71. The highest BCUT2D eigenvalue weighted by atomic mass is 15.1. The van der Waals surface area contributed by atoms with Crippen molar-refractivity contribution in [3.05, 3.63) is 18.2 Å². The predicted molar refractivity (Wildman–Crippen MR) is 57.0 cm³/mol. The zero-order valence-corrected chi connectivity index (χ0v) is 9.08. The summed E-state index contributed by atoms with van der Waals surface area (Å²) in [5.74, 6) is 0. The number of nitrogens with one attached hydrogen (secondary N) is 1. The van der Waals surface area contributed by atoms with Crippen molar-refractivity contribution < 1.29 is 0 Å². The van der Waals surface area contributed by atoms with Gasteiger partial charge in [-0.2, -0.15) is 0 Å². The zero-order chi connectivity index (χ0) is 10.0. The SMILES string of the molecule is CCCC1(c2cn(C)cn2)CCCN1. The molecule has 1 N–H and O–H groups in total. The van der Waals surface area contributed by atoms with Gasteiger partial charge in [0.25, 0.3) is 0 Å². The van der Waals surface area contributed by atoms with E-state index in [0.29, 0.717) is 0 Å². The van der Waals surface area contributed by atoms with E-state index in [2.05, 4.69) is 23.4 Å². The average Bonchev–Trinajstić information content (AvgIpc) is 2.75. The van der Waals surface area contributed by atoms with Gasteiger partial charge in [-0.25, -0.2) is 4.98 Å². The fourth-order valence-electron chi connectivity index (χ4n) is 2.45. The maximum Gasteiger partial charge on any atom is 0.0947 e. The lowest BCUT2D eigenvalue weighted by molar-refractivity contribution is 0.346. The first-order valence-corrected chi connectivity index (χ1v) is 5.50. The fraction of sp³-hybridized carbons (Fsp3) is 0.727. The molecule has 1 saturated heterocycles. The van der Waals surface area contributed by atoms with Crippen molar-refractivity contribution in [3.8, 4) is 0 Å². The Balaban J connectivity index is 2.26. The van der Waals surface area contributed by atoms with Gasteiger partial charge < -0.3 is 9.88 Å². The molecule has 1 fully saturated rings. The van der Waals surface area contributed by atoms with Gasteiger partial charge in [0.1, 0.15) is 0 Å². The van der Waals surface area contributed by atoms with E-state index < -0.39 is 0 Å². The molecule has 3 nitrogen and oxygen atoms in total. The summed E-state index contributed by atoms with van der Waals surface area (Å²) in [5.41, 5.74) is 1.40. The van der Waals surface area contributed by atoms with Crippen molar-refractivity contribution >= 4 is 0 Å². The molecule has 0 amide bonds. The Morgan fingerprint density at radius 3 is 3.00 bits per heavy atom. The number of hydrogen-bond donors (Lipinski definition) is 1. The zero-order valence-electron chi connectivity index (χ0n) is 9.08. The van der Waals surface area contributed by atoms with Crippen LogP contribution in [-0.4, -0.2) is 16.1 Å². The minimum atomic E-state index is 0.177. The molecule has 1 aromatic heterocycles. The Labute approximate surface area is 85.5 Å². The highest BCUT2D eigenvalue weighted by Crippen LogP contribution is 2.33. The van der Waals surface area contributed by atoms with Crippen molar-refractivity contribution in [2.75, 3.05) is 6.54 Å². The second-order valence-electron chi connectivity index (χ2n) is 4.29. The van der Waals surface area contributed by atoms with Gasteiger partial charge in [-0.05, 0) is 25.8 Å². The van der Waals surface area contributed by atoms with Gasteiger partial charge in [0.2, 0.25) is 0 Å². The maximum absolute atomic E-state index is 4.49. The molecule has 1 aliphatic heterocycles. The van der Waals surface area contributed by atoms with Gasteiger partial charge in [0.15, 0.2) is 0 Å². The lowest BCUT2D eigenvalue weighted by Crippen LogP contribution is -2.36. The first-order chi connectivity index (χ1) is 6.77. The van der Waals surface area contributed by atoms with Gasteiger partial charge in [-0.3, -0.25) is 0 Å². The van der Waals surface area contributed by atoms with Crippen LogP contribution in [0.4, 0.5) is 0 Å². The summed E-state index contributed by atoms with van der Waals surface area (Å²) in [7, 11) is 2.03. The number of hydrogen-bond acceptors (Lipinski definition) is 2. The highest BCUT2D eigenvalue weighted by molar-refractivity contribution is 5.14. The van der Waals surface area contributed by atoms with Crippen molar-refractivity contribution in [1.29, 1.82) is 0 Å². The monoisotopic (exact) mass is 193 g/mol. The van der Waals surface area contributed by atoms with Crippen LogP contribution in [0.2, 0.25) is 0 Å². The van der Waals surface area contributed by atoms with E-state index >= 15 is 0 Å². The van der Waals surface area contributed by atoms with Crippen LogP contribution in [0.5, 0.6) is 0 Å². The van der Waals surface area contributed by atoms with Crippen LogP contribution in [0.1, 0.15) is 38.3 Å². The second kappa shape index (κ2) is 3.73. The molecule has 0 saturated carbocycles. The van der Waals surface area contributed by atoms with Crippen LogP contribution in [0.15, 0.2) is 12.5 Å². The molecule has 78 valence electrons. The molecule has 3 heteroatoms. The summed E-state index contributed by atoms with van der Waals surface area (Å²) < 4.78 is 2.03. The van der Waals surface area contributed by atoms with E-state index in [9.17, 15) is 0 Å². The third-order valence-corrected chi connectivity index (χ3v) is 3.12. The molecular weight excluding hydrogens is 174 g/mol. The average molecular weight is 193 g/mol. The Morgan fingerprint density at radius 1 is 1.64 bits per heavy atom. The topological polar surface area (TPSA) is 29.9 Å².